The number of pyridine rings is 1. The Kier molecular flexibility index (Phi) is 3.23. The normalized spacial score (nSPS) is 13.2. The van der Waals surface area contributed by atoms with Gasteiger partial charge in [-0.05, 0) is 25.5 Å². The predicted octanol–water partition coefficient (Wildman–Crippen LogP) is 1.59. The van der Waals surface area contributed by atoms with E-state index in [0.717, 1.165) is 23.0 Å². The van der Waals surface area contributed by atoms with E-state index in [1.165, 1.54) is 0 Å². The second-order valence-corrected chi connectivity index (χ2v) is 4.46. The van der Waals surface area contributed by atoms with Gasteiger partial charge in [-0.15, -0.1) is 10.2 Å². The molecule has 1 atom stereocenters. The maximum Gasteiger partial charge on any atom is 0.195 e. The summed E-state index contributed by atoms with van der Waals surface area (Å²) in [6, 6.07) is 5.81. The van der Waals surface area contributed by atoms with Gasteiger partial charge in [-0.1, -0.05) is 17.8 Å². The van der Waals surface area contributed by atoms with Crippen molar-refractivity contribution in [3.63, 3.8) is 0 Å². The van der Waals surface area contributed by atoms with Crippen LogP contribution in [-0.4, -0.2) is 31.6 Å². The van der Waals surface area contributed by atoms with E-state index in [4.69, 9.17) is 5.11 Å². The van der Waals surface area contributed by atoms with Crippen LogP contribution in [0.1, 0.15) is 13.3 Å². The first kappa shape index (κ1) is 10.4. The Morgan fingerprint density at radius 3 is 3.13 bits per heavy atom. The van der Waals surface area contributed by atoms with Crippen molar-refractivity contribution in [1.29, 1.82) is 0 Å². The molecule has 0 saturated carbocycles. The number of aromatic nitrogens is 3. The number of fused-ring (bicyclic) bond motifs is 1. The average Bonchev–Trinajstić information content (AvgIpc) is 2.62. The van der Waals surface area contributed by atoms with Gasteiger partial charge in [-0.25, -0.2) is 0 Å². The maximum absolute atomic E-state index is 9.14. The number of aliphatic hydroxyl groups excluding tert-OH is 1. The number of thioether (sulfide) groups is 1. The lowest BCUT2D eigenvalue weighted by Gasteiger charge is -2.02. The van der Waals surface area contributed by atoms with Gasteiger partial charge in [0.05, 0.1) is 6.10 Å². The van der Waals surface area contributed by atoms with Crippen LogP contribution in [0.2, 0.25) is 0 Å². The van der Waals surface area contributed by atoms with E-state index in [1.54, 1.807) is 18.7 Å². The minimum atomic E-state index is -0.253. The zero-order valence-electron chi connectivity index (χ0n) is 8.50. The summed E-state index contributed by atoms with van der Waals surface area (Å²) in [6.07, 6.45) is 2.46. The van der Waals surface area contributed by atoms with Gasteiger partial charge < -0.3 is 5.11 Å². The molecule has 2 aromatic rings. The zero-order valence-corrected chi connectivity index (χ0v) is 9.31. The van der Waals surface area contributed by atoms with Crippen LogP contribution in [-0.2, 0) is 0 Å². The summed E-state index contributed by atoms with van der Waals surface area (Å²) in [5, 5.41) is 18.2. The molecule has 4 nitrogen and oxygen atoms in total. The molecule has 2 rings (SSSR count). The SMILES string of the molecule is CC(O)CCSc1nnc2ccccn12. The molecule has 0 spiro atoms. The molecule has 1 unspecified atom stereocenters. The molecule has 0 aliphatic heterocycles. The molecule has 1 N–H and O–H groups in total. The second-order valence-electron chi connectivity index (χ2n) is 3.40. The summed E-state index contributed by atoms with van der Waals surface area (Å²) in [4.78, 5) is 0. The molecule has 2 heterocycles. The summed E-state index contributed by atoms with van der Waals surface area (Å²) < 4.78 is 1.95. The van der Waals surface area contributed by atoms with Crippen molar-refractivity contribution in [2.75, 3.05) is 5.75 Å². The van der Waals surface area contributed by atoms with Crippen LogP contribution in [0.3, 0.4) is 0 Å². The van der Waals surface area contributed by atoms with Gasteiger partial charge in [0.1, 0.15) is 0 Å². The third-order valence-corrected chi connectivity index (χ3v) is 3.03. The first-order chi connectivity index (χ1) is 7.27. The van der Waals surface area contributed by atoms with Crippen LogP contribution < -0.4 is 0 Å². The van der Waals surface area contributed by atoms with Gasteiger partial charge in [-0.3, -0.25) is 4.40 Å². The fraction of sp³-hybridized carbons (Fsp3) is 0.400. The van der Waals surface area contributed by atoms with Crippen LogP contribution in [0.15, 0.2) is 29.6 Å². The zero-order chi connectivity index (χ0) is 10.7. The van der Waals surface area contributed by atoms with Crippen LogP contribution in [0.25, 0.3) is 5.65 Å². The number of hydrogen-bond acceptors (Lipinski definition) is 4. The summed E-state index contributed by atoms with van der Waals surface area (Å²) in [7, 11) is 0. The molecule has 0 bridgehead atoms. The molecule has 0 amide bonds. The van der Waals surface area contributed by atoms with E-state index in [0.29, 0.717) is 0 Å². The molecule has 2 aromatic heterocycles. The fourth-order valence-corrected chi connectivity index (χ4v) is 2.27. The van der Waals surface area contributed by atoms with Crippen molar-refractivity contribution in [3.05, 3.63) is 24.4 Å². The molecule has 5 heteroatoms. The summed E-state index contributed by atoms with van der Waals surface area (Å²) in [5.74, 6) is 0.855. The number of aliphatic hydroxyl groups is 1. The molecular weight excluding hydrogens is 210 g/mol. The topological polar surface area (TPSA) is 50.4 Å². The molecule has 0 aliphatic rings. The van der Waals surface area contributed by atoms with E-state index in [9.17, 15) is 0 Å². The highest BCUT2D eigenvalue weighted by Crippen LogP contribution is 2.17. The standard InChI is InChI=1S/C10H13N3OS/c1-8(14)5-7-15-10-12-11-9-4-2-3-6-13(9)10/h2-4,6,8,14H,5,7H2,1H3. The van der Waals surface area contributed by atoms with Crippen molar-refractivity contribution < 1.29 is 5.11 Å². The van der Waals surface area contributed by atoms with Crippen molar-refractivity contribution >= 4 is 17.4 Å². The maximum atomic E-state index is 9.14. The Hall–Kier alpha value is -1.07. The molecule has 0 fully saturated rings. The highest BCUT2D eigenvalue weighted by molar-refractivity contribution is 7.99. The van der Waals surface area contributed by atoms with Crippen LogP contribution in [0, 0.1) is 0 Å². The fourth-order valence-electron chi connectivity index (χ4n) is 1.24. The third kappa shape index (κ3) is 2.49. The molecule has 0 saturated heterocycles. The highest BCUT2D eigenvalue weighted by atomic mass is 32.2. The lowest BCUT2D eigenvalue weighted by Crippen LogP contribution is -2.00. The van der Waals surface area contributed by atoms with Crippen LogP contribution >= 0.6 is 11.8 Å². The Morgan fingerprint density at radius 2 is 2.33 bits per heavy atom. The molecule has 15 heavy (non-hydrogen) atoms. The molecule has 80 valence electrons. The Morgan fingerprint density at radius 1 is 1.47 bits per heavy atom. The van der Waals surface area contributed by atoms with Crippen molar-refractivity contribution in [3.8, 4) is 0 Å². The Balaban J connectivity index is 2.08. The Labute approximate surface area is 92.3 Å². The Bertz CT molecular complexity index is 441. The van der Waals surface area contributed by atoms with Gasteiger partial charge in [-0.2, -0.15) is 0 Å². The minimum absolute atomic E-state index is 0.253. The number of nitrogens with zero attached hydrogens (tertiary/aromatic N) is 3. The average molecular weight is 223 g/mol. The third-order valence-electron chi connectivity index (χ3n) is 2.05. The summed E-state index contributed by atoms with van der Waals surface area (Å²) in [6.45, 7) is 1.79. The van der Waals surface area contributed by atoms with E-state index in [2.05, 4.69) is 10.2 Å². The monoisotopic (exact) mass is 223 g/mol. The van der Waals surface area contributed by atoms with Gasteiger partial charge in [0, 0.05) is 11.9 Å². The first-order valence-corrected chi connectivity index (χ1v) is 5.86. The van der Waals surface area contributed by atoms with Gasteiger partial charge in [0.15, 0.2) is 10.8 Å². The van der Waals surface area contributed by atoms with Crippen molar-refractivity contribution in [2.24, 2.45) is 0 Å². The summed E-state index contributed by atoms with van der Waals surface area (Å²) >= 11 is 1.61. The van der Waals surface area contributed by atoms with Gasteiger partial charge in [0.2, 0.25) is 0 Å². The lowest BCUT2D eigenvalue weighted by molar-refractivity contribution is 0.192. The lowest BCUT2D eigenvalue weighted by atomic mass is 10.3. The van der Waals surface area contributed by atoms with Gasteiger partial charge in [0.25, 0.3) is 0 Å². The largest absolute Gasteiger partial charge is 0.393 e. The van der Waals surface area contributed by atoms with E-state index >= 15 is 0 Å². The molecule has 0 aliphatic carbocycles. The second kappa shape index (κ2) is 4.63. The highest BCUT2D eigenvalue weighted by Gasteiger charge is 2.05. The van der Waals surface area contributed by atoms with Gasteiger partial charge >= 0.3 is 0 Å². The quantitative estimate of drug-likeness (QED) is 0.800. The van der Waals surface area contributed by atoms with E-state index < -0.39 is 0 Å². The van der Waals surface area contributed by atoms with Crippen LogP contribution in [0.4, 0.5) is 0 Å². The first-order valence-electron chi connectivity index (χ1n) is 4.88. The predicted molar refractivity (Wildman–Crippen MR) is 60.0 cm³/mol. The van der Waals surface area contributed by atoms with Crippen LogP contribution in [0.5, 0.6) is 0 Å². The molecule has 0 aromatic carbocycles. The number of hydrogen-bond donors (Lipinski definition) is 1. The van der Waals surface area contributed by atoms with Crippen molar-refractivity contribution in [1.82, 2.24) is 14.6 Å². The van der Waals surface area contributed by atoms with E-state index in [-0.39, 0.29) is 6.10 Å². The number of rotatable bonds is 4. The van der Waals surface area contributed by atoms with E-state index in [1.807, 2.05) is 28.8 Å². The molecular formula is C10H13N3OS. The summed E-state index contributed by atoms with van der Waals surface area (Å²) in [5.41, 5.74) is 0.858. The molecule has 0 radical (unpaired) electrons. The van der Waals surface area contributed by atoms with Crippen molar-refractivity contribution in [2.45, 2.75) is 24.6 Å². The smallest absolute Gasteiger partial charge is 0.195 e. The minimum Gasteiger partial charge on any atom is -0.393 e.